The van der Waals surface area contributed by atoms with Gasteiger partial charge in [0, 0.05) is 78.3 Å². The lowest BCUT2D eigenvalue weighted by Gasteiger charge is -2.21. The molecule has 3 aromatic rings. The maximum atomic E-state index is 14.2. The number of phosphoric acid groups is 2. The molecular formula is C61H90O14P2. The van der Waals surface area contributed by atoms with Crippen LogP contribution in [-0.4, -0.2) is 52.9 Å². The summed E-state index contributed by atoms with van der Waals surface area (Å²) in [6.45, 7) is 13.2. The number of phenolic OH excluding ortho intramolecular Hbond substituents is 1. The first-order chi connectivity index (χ1) is 36.6. The summed E-state index contributed by atoms with van der Waals surface area (Å²) in [5, 5.41) is 23.5. The van der Waals surface area contributed by atoms with Crippen molar-refractivity contribution >= 4 is 38.8 Å². The molecule has 14 nitrogen and oxygen atoms in total. The zero-order valence-corrected chi connectivity index (χ0v) is 49.0. The Kier molecular flexibility index (Phi) is 29.7. The summed E-state index contributed by atoms with van der Waals surface area (Å²) in [5.41, 5.74) is 2.19. The van der Waals surface area contributed by atoms with Crippen molar-refractivity contribution in [3.63, 3.8) is 0 Å². The van der Waals surface area contributed by atoms with E-state index in [9.17, 15) is 58.1 Å². The summed E-state index contributed by atoms with van der Waals surface area (Å²) in [7, 11) is -10.5. The number of ketones is 4. The van der Waals surface area contributed by atoms with E-state index in [-0.39, 0.29) is 136 Å². The van der Waals surface area contributed by atoms with Crippen LogP contribution in [0.25, 0.3) is 0 Å². The van der Waals surface area contributed by atoms with E-state index in [0.29, 0.717) is 48.8 Å². The molecule has 0 aliphatic heterocycles. The standard InChI is InChI=1S/C61H90O14P2/c1-8-13-17-21-25-29-55(63)43(6)33-46(44(7)62)35-52-39-49(58(66)32-28-24-20-16-11-4)40-54(61(52)75-77(71,72)73)42-51-37-48(57(65)31-27-23-19-15-10-3)36-50(59(51)67)41-53-38-47(56(64)30-26-22-18-14-9-2)34-45(12-5)60(53)74-76(68,69)70/h33-34,36-40,62,67H,8-32,35,41-42H2,1-7H3,(H2,68,69,70)(H2,71,72,73)/b43-33+,46-44-. The van der Waals surface area contributed by atoms with E-state index in [2.05, 4.69) is 27.7 Å². The molecule has 0 aliphatic carbocycles. The second-order valence-corrected chi connectivity index (χ2v) is 23.1. The average molecular weight is 1110 g/mol. The zero-order valence-electron chi connectivity index (χ0n) is 47.2. The summed E-state index contributed by atoms with van der Waals surface area (Å²) in [6.07, 6.45) is 19.7. The lowest BCUT2D eigenvalue weighted by Crippen LogP contribution is -2.09. The minimum atomic E-state index is -5.37. The largest absolute Gasteiger partial charge is 0.524 e. The number of unbranched alkanes of at least 4 members (excludes halogenated alkanes) is 16. The van der Waals surface area contributed by atoms with Gasteiger partial charge in [0.2, 0.25) is 0 Å². The Morgan fingerprint density at radius 1 is 0.468 bits per heavy atom. The van der Waals surface area contributed by atoms with Crippen molar-refractivity contribution in [2.24, 2.45) is 0 Å². The molecule has 0 radical (unpaired) electrons. The SMILES string of the molecule is CCCCCCCC(=O)/C(C)=C/C(Cc1cc(C(=O)CCCCCCC)cc(Cc2cc(C(=O)CCCCCCC)cc(Cc3cc(C(=O)CCCCCCC)cc(CC)c3OP(=O)(O)O)c2O)c1OP(=O)(O)O)=C(\C)O. The van der Waals surface area contributed by atoms with Crippen molar-refractivity contribution < 1.29 is 67.1 Å². The molecule has 0 saturated heterocycles. The Labute approximate surface area is 459 Å². The second-order valence-electron chi connectivity index (χ2n) is 20.7. The summed E-state index contributed by atoms with van der Waals surface area (Å²) >= 11 is 0. The fraction of sp³-hybridized carbons (Fsp3) is 0.574. The van der Waals surface area contributed by atoms with Crippen LogP contribution in [0.3, 0.4) is 0 Å². The normalized spacial score (nSPS) is 12.4. The van der Waals surface area contributed by atoms with E-state index in [0.717, 1.165) is 103 Å². The first kappa shape index (κ1) is 66.6. The maximum absolute atomic E-state index is 14.2. The number of aliphatic hydroxyl groups is 1. The number of aryl methyl sites for hydroxylation is 1. The van der Waals surface area contributed by atoms with Crippen LogP contribution in [0.2, 0.25) is 0 Å². The number of carbonyl (C=O) groups is 4. The molecule has 0 heterocycles. The van der Waals surface area contributed by atoms with E-state index in [1.165, 1.54) is 43.3 Å². The molecule has 0 fully saturated rings. The summed E-state index contributed by atoms with van der Waals surface area (Å²) in [4.78, 5) is 96.7. The molecule has 3 aromatic carbocycles. The minimum Gasteiger partial charge on any atom is -0.512 e. The van der Waals surface area contributed by atoms with Gasteiger partial charge in [-0.1, -0.05) is 137 Å². The number of hydrogen-bond donors (Lipinski definition) is 6. The maximum Gasteiger partial charge on any atom is 0.524 e. The molecule has 16 heteroatoms. The van der Waals surface area contributed by atoms with Gasteiger partial charge >= 0.3 is 15.6 Å². The Morgan fingerprint density at radius 3 is 1.14 bits per heavy atom. The van der Waals surface area contributed by atoms with Crippen LogP contribution in [-0.2, 0) is 39.6 Å². The predicted molar refractivity (Wildman–Crippen MR) is 306 cm³/mol. The fourth-order valence-electron chi connectivity index (χ4n) is 9.58. The Hall–Kier alpha value is -4.68. The van der Waals surface area contributed by atoms with Crippen LogP contribution in [0.4, 0.5) is 0 Å². The van der Waals surface area contributed by atoms with E-state index >= 15 is 0 Å². The number of hydrogen-bond acceptors (Lipinski definition) is 10. The molecule has 77 heavy (non-hydrogen) atoms. The molecule has 0 spiro atoms. The molecule has 0 atom stereocenters. The molecule has 0 amide bonds. The number of phosphoric ester groups is 2. The van der Waals surface area contributed by atoms with Gasteiger partial charge in [0.1, 0.15) is 17.2 Å². The van der Waals surface area contributed by atoms with Crippen LogP contribution >= 0.6 is 15.6 Å². The number of phenols is 1. The summed E-state index contributed by atoms with van der Waals surface area (Å²) in [5.74, 6) is -1.86. The summed E-state index contributed by atoms with van der Waals surface area (Å²) in [6, 6.07) is 8.99. The van der Waals surface area contributed by atoms with Gasteiger partial charge in [-0.25, -0.2) is 9.13 Å². The lowest BCUT2D eigenvalue weighted by molar-refractivity contribution is -0.115. The number of aromatic hydroxyl groups is 1. The minimum absolute atomic E-state index is 0.0645. The molecule has 6 N–H and O–H groups in total. The van der Waals surface area contributed by atoms with Crippen LogP contribution in [0.1, 0.15) is 267 Å². The highest BCUT2D eigenvalue weighted by molar-refractivity contribution is 7.47. The van der Waals surface area contributed by atoms with E-state index in [1.807, 2.05) is 0 Å². The third-order valence-electron chi connectivity index (χ3n) is 14.0. The van der Waals surface area contributed by atoms with Gasteiger partial charge < -0.3 is 19.3 Å². The van der Waals surface area contributed by atoms with Gasteiger partial charge in [-0.15, -0.1) is 0 Å². The van der Waals surface area contributed by atoms with Gasteiger partial charge in [0.25, 0.3) is 0 Å². The van der Waals surface area contributed by atoms with Crippen molar-refractivity contribution in [1.29, 1.82) is 0 Å². The number of allylic oxidation sites excluding steroid dienone is 4. The monoisotopic (exact) mass is 1110 g/mol. The van der Waals surface area contributed by atoms with Crippen molar-refractivity contribution in [3.8, 4) is 17.2 Å². The van der Waals surface area contributed by atoms with Crippen molar-refractivity contribution in [1.82, 2.24) is 0 Å². The molecule has 0 unspecified atom stereocenters. The van der Waals surface area contributed by atoms with Gasteiger partial charge in [-0.05, 0) is 116 Å². The van der Waals surface area contributed by atoms with E-state index in [4.69, 9.17) is 9.05 Å². The van der Waals surface area contributed by atoms with Gasteiger partial charge in [0.05, 0.1) is 5.76 Å². The van der Waals surface area contributed by atoms with Crippen molar-refractivity contribution in [2.45, 2.75) is 228 Å². The molecule has 0 saturated carbocycles. The molecule has 0 aliphatic rings. The number of carbonyl (C=O) groups excluding carboxylic acids is 4. The zero-order chi connectivity index (χ0) is 57.1. The molecular weight excluding hydrogens is 1020 g/mol. The number of aliphatic hydroxyl groups excluding tert-OH is 1. The van der Waals surface area contributed by atoms with Crippen LogP contribution in [0, 0.1) is 0 Å². The Balaban J connectivity index is 2.38. The van der Waals surface area contributed by atoms with E-state index < -0.39 is 15.6 Å². The number of rotatable bonds is 40. The first-order valence-electron chi connectivity index (χ1n) is 28.4. The third kappa shape index (κ3) is 24.1. The Morgan fingerprint density at radius 2 is 0.792 bits per heavy atom. The van der Waals surface area contributed by atoms with Crippen molar-refractivity contribution in [3.05, 3.63) is 109 Å². The van der Waals surface area contributed by atoms with Gasteiger partial charge in [0.15, 0.2) is 23.1 Å². The summed E-state index contributed by atoms with van der Waals surface area (Å²) < 4.78 is 36.3. The van der Waals surface area contributed by atoms with Gasteiger partial charge in [-0.2, -0.15) is 0 Å². The number of Topliss-reactive ketones (excluding diaryl/α,β-unsaturated/α-hetero) is 4. The predicted octanol–water partition coefficient (Wildman–Crippen LogP) is 16.0. The highest BCUT2D eigenvalue weighted by Gasteiger charge is 2.28. The van der Waals surface area contributed by atoms with Gasteiger partial charge in [-0.3, -0.25) is 38.8 Å². The highest BCUT2D eigenvalue weighted by Crippen LogP contribution is 2.46. The molecule has 3 rings (SSSR count). The Bertz CT molecular complexity index is 2580. The molecule has 0 bridgehead atoms. The second kappa shape index (κ2) is 34.4. The first-order valence-corrected chi connectivity index (χ1v) is 31.5. The fourth-order valence-corrected chi connectivity index (χ4v) is 10.5. The van der Waals surface area contributed by atoms with Crippen LogP contribution in [0.5, 0.6) is 17.2 Å². The topological polar surface area (TPSA) is 242 Å². The number of benzene rings is 3. The quantitative estimate of drug-likeness (QED) is 0.00775. The third-order valence-corrected chi connectivity index (χ3v) is 14.8. The molecule has 0 aromatic heterocycles. The molecule has 428 valence electrons. The highest BCUT2D eigenvalue weighted by atomic mass is 31.2. The van der Waals surface area contributed by atoms with Crippen LogP contribution < -0.4 is 9.05 Å². The van der Waals surface area contributed by atoms with Crippen molar-refractivity contribution in [2.75, 3.05) is 0 Å². The average Bonchev–Trinajstić information content (AvgIpc) is 3.37. The lowest BCUT2D eigenvalue weighted by atomic mass is 9.88. The van der Waals surface area contributed by atoms with E-state index in [1.54, 1.807) is 19.9 Å². The smallest absolute Gasteiger partial charge is 0.512 e. The van der Waals surface area contributed by atoms with Crippen LogP contribution in [0.15, 0.2) is 59.4 Å².